The smallest absolute Gasteiger partial charge is 0.328 e. The number of esters is 1. The van der Waals surface area contributed by atoms with E-state index in [4.69, 9.17) is 24.0 Å². The van der Waals surface area contributed by atoms with Gasteiger partial charge in [-0.1, -0.05) is 27.7 Å². The molecule has 42 heavy (non-hydrogen) atoms. The third-order valence-corrected chi connectivity index (χ3v) is 9.31. The molecule has 2 bridgehead atoms. The lowest BCUT2D eigenvalue weighted by atomic mass is 9.58. The molecule has 13 heteroatoms. The molecular weight excluding hydrogens is 552 g/mol. The molecule has 5 aliphatic rings. The second-order valence-electron chi connectivity index (χ2n) is 13.1. The number of carboxylic acid groups (broad SMARTS) is 1. The van der Waals surface area contributed by atoms with Crippen molar-refractivity contribution in [1.29, 1.82) is 0 Å². The fraction of sp³-hybridized carbons (Fsp3) is 0.862. The average molecular weight is 599 g/mol. The first kappa shape index (κ1) is 32.6. The van der Waals surface area contributed by atoms with Crippen molar-refractivity contribution >= 4 is 23.8 Å². The minimum absolute atomic E-state index is 0.00504. The molecular formula is C29H46N2O11. The van der Waals surface area contributed by atoms with Gasteiger partial charge in [-0.25, -0.2) is 14.6 Å². The van der Waals surface area contributed by atoms with Crippen molar-refractivity contribution in [3.8, 4) is 0 Å². The van der Waals surface area contributed by atoms with Crippen LogP contribution in [0.1, 0.15) is 86.5 Å². The molecule has 4 aliphatic heterocycles. The van der Waals surface area contributed by atoms with Gasteiger partial charge in [0.25, 0.3) is 0 Å². The standard InChI is InChI=1S/C29H46N2O11/c1-14(2)13-20(24(35)31-23(17(5)32)25(36)37)30-21(33)9-10-22(34)38-26-16(4)19-8-7-15(3)18-11-12-28(6)40-27(39-26)29(18,19)42-41-28/h14-20,23,26-27,32H,7-13H2,1-6H3,(H,30,33)(H,31,35)(H,36,37)/t15-,16+,17-,18+,19-,20+,23+,26-,27+,28-,29-/m1/s1. The normalized spacial score (nSPS) is 37.5. The van der Waals surface area contributed by atoms with Crippen molar-refractivity contribution < 1.29 is 53.4 Å². The summed E-state index contributed by atoms with van der Waals surface area (Å²) in [7, 11) is 0. The van der Waals surface area contributed by atoms with E-state index in [0.717, 1.165) is 19.3 Å². The molecule has 0 aromatic rings. The van der Waals surface area contributed by atoms with Crippen LogP contribution in [-0.4, -0.2) is 76.1 Å². The highest BCUT2D eigenvalue weighted by molar-refractivity contribution is 5.91. The number of hydrogen-bond acceptors (Lipinski definition) is 10. The molecule has 11 atom stereocenters. The van der Waals surface area contributed by atoms with E-state index in [1.54, 1.807) is 0 Å². The predicted octanol–water partition coefficient (Wildman–Crippen LogP) is 2.00. The molecule has 1 spiro atoms. The zero-order valence-electron chi connectivity index (χ0n) is 25.3. The van der Waals surface area contributed by atoms with Crippen molar-refractivity contribution in [1.82, 2.24) is 10.6 Å². The van der Waals surface area contributed by atoms with Gasteiger partial charge in [-0.15, -0.1) is 0 Å². The number of nitrogens with one attached hydrogen (secondary N) is 2. The van der Waals surface area contributed by atoms with Crippen molar-refractivity contribution in [2.45, 2.75) is 129 Å². The second kappa shape index (κ2) is 12.7. The van der Waals surface area contributed by atoms with Gasteiger partial charge in [-0.3, -0.25) is 14.4 Å². The Balaban J connectivity index is 1.35. The van der Waals surface area contributed by atoms with Gasteiger partial charge in [-0.2, -0.15) is 0 Å². The quantitative estimate of drug-likeness (QED) is 0.202. The highest BCUT2D eigenvalue weighted by Crippen LogP contribution is 2.60. The fourth-order valence-corrected chi connectivity index (χ4v) is 7.02. The Bertz CT molecular complexity index is 1040. The lowest BCUT2D eigenvalue weighted by molar-refractivity contribution is -0.576. The van der Waals surface area contributed by atoms with Crippen LogP contribution in [0.4, 0.5) is 0 Å². The second-order valence-corrected chi connectivity index (χ2v) is 13.1. The highest BCUT2D eigenvalue weighted by Gasteiger charge is 2.69. The number of aliphatic hydroxyl groups excluding tert-OH is 1. The molecule has 5 rings (SSSR count). The molecule has 4 heterocycles. The van der Waals surface area contributed by atoms with E-state index in [-0.39, 0.29) is 42.9 Å². The Morgan fingerprint density at radius 2 is 1.71 bits per heavy atom. The van der Waals surface area contributed by atoms with Crippen LogP contribution in [0.15, 0.2) is 0 Å². The predicted molar refractivity (Wildman–Crippen MR) is 145 cm³/mol. The summed E-state index contributed by atoms with van der Waals surface area (Å²) in [5.74, 6) is -3.95. The van der Waals surface area contributed by atoms with Crippen LogP contribution in [0.5, 0.6) is 0 Å². The maximum absolute atomic E-state index is 12.9. The number of carbonyl (C=O) groups is 4. The van der Waals surface area contributed by atoms with E-state index >= 15 is 0 Å². The van der Waals surface area contributed by atoms with Crippen LogP contribution in [0.3, 0.4) is 0 Å². The van der Waals surface area contributed by atoms with Crippen LogP contribution in [-0.2, 0) is 43.2 Å². The lowest BCUT2D eigenvalue weighted by Crippen LogP contribution is -2.70. The minimum Gasteiger partial charge on any atom is -0.480 e. The summed E-state index contributed by atoms with van der Waals surface area (Å²) in [5, 5.41) is 23.8. The number of ether oxygens (including phenoxy) is 3. The van der Waals surface area contributed by atoms with E-state index in [2.05, 4.69) is 17.6 Å². The van der Waals surface area contributed by atoms with Crippen molar-refractivity contribution in [3.63, 3.8) is 0 Å². The summed E-state index contributed by atoms with van der Waals surface area (Å²) in [4.78, 5) is 61.6. The number of hydrogen-bond donors (Lipinski definition) is 4. The summed E-state index contributed by atoms with van der Waals surface area (Å²) >= 11 is 0. The third kappa shape index (κ3) is 6.59. The molecule has 2 amide bonds. The molecule has 0 unspecified atom stereocenters. The van der Waals surface area contributed by atoms with Gasteiger partial charge in [-0.05, 0) is 57.3 Å². The minimum atomic E-state index is -1.52. The number of carboxylic acids is 1. The van der Waals surface area contributed by atoms with Crippen LogP contribution >= 0.6 is 0 Å². The lowest BCUT2D eigenvalue weighted by Gasteiger charge is -2.59. The van der Waals surface area contributed by atoms with E-state index in [0.29, 0.717) is 12.3 Å². The number of aliphatic hydroxyl groups is 1. The number of amides is 2. The summed E-state index contributed by atoms with van der Waals surface area (Å²) in [5.41, 5.74) is -0.782. The Kier molecular flexibility index (Phi) is 9.88. The van der Waals surface area contributed by atoms with E-state index in [1.165, 1.54) is 6.92 Å². The van der Waals surface area contributed by atoms with Gasteiger partial charge < -0.3 is 35.1 Å². The average Bonchev–Trinajstić information content (AvgIpc) is 3.13. The fourth-order valence-electron chi connectivity index (χ4n) is 7.02. The Hall–Kier alpha value is -2.32. The van der Waals surface area contributed by atoms with Crippen molar-refractivity contribution in [2.75, 3.05) is 0 Å². The summed E-state index contributed by atoms with van der Waals surface area (Å²) in [6.07, 6.45) is 0.133. The SMILES string of the molecule is CC(C)C[C@H](NC(=O)CCC(=O)O[C@@H]1O[C@H]2O[C@@]3(C)CC[C@H]4[C@H](C)CC[C@H]([C@@H]1C)[C@@]24OO3)C(=O)N[C@H](C(=O)O)[C@@H](C)O. The van der Waals surface area contributed by atoms with Crippen LogP contribution in [0, 0.1) is 29.6 Å². The number of carbonyl (C=O) groups excluding carboxylic acids is 3. The van der Waals surface area contributed by atoms with Crippen LogP contribution < -0.4 is 10.6 Å². The Morgan fingerprint density at radius 1 is 1.00 bits per heavy atom. The molecule has 1 aliphatic carbocycles. The summed E-state index contributed by atoms with van der Waals surface area (Å²) in [6, 6.07) is -2.56. The molecule has 4 N–H and O–H groups in total. The van der Waals surface area contributed by atoms with Gasteiger partial charge in [0.05, 0.1) is 12.5 Å². The van der Waals surface area contributed by atoms with Gasteiger partial charge in [0.15, 0.2) is 17.9 Å². The van der Waals surface area contributed by atoms with E-state index < -0.39 is 65.9 Å². The molecule has 238 valence electrons. The van der Waals surface area contributed by atoms with E-state index in [1.807, 2.05) is 27.7 Å². The van der Waals surface area contributed by atoms with Gasteiger partial charge in [0, 0.05) is 24.7 Å². The van der Waals surface area contributed by atoms with Crippen LogP contribution in [0.25, 0.3) is 0 Å². The Morgan fingerprint density at radius 3 is 2.36 bits per heavy atom. The van der Waals surface area contributed by atoms with Crippen molar-refractivity contribution in [3.05, 3.63) is 0 Å². The zero-order chi connectivity index (χ0) is 31.0. The van der Waals surface area contributed by atoms with E-state index in [9.17, 15) is 29.4 Å². The Labute approximate surface area is 246 Å². The summed E-state index contributed by atoms with van der Waals surface area (Å²) in [6.45, 7) is 10.9. The number of fused-ring (bicyclic) bond motifs is 2. The van der Waals surface area contributed by atoms with Gasteiger partial charge in [0.2, 0.25) is 23.9 Å². The van der Waals surface area contributed by atoms with Crippen LogP contribution in [0.2, 0.25) is 0 Å². The molecule has 0 radical (unpaired) electrons. The molecule has 1 saturated carbocycles. The van der Waals surface area contributed by atoms with Gasteiger partial charge in [0.1, 0.15) is 6.04 Å². The first-order chi connectivity index (χ1) is 19.7. The molecule has 5 fully saturated rings. The largest absolute Gasteiger partial charge is 0.480 e. The molecule has 4 saturated heterocycles. The third-order valence-electron chi connectivity index (χ3n) is 9.31. The molecule has 0 aromatic heterocycles. The monoisotopic (exact) mass is 598 g/mol. The molecule has 13 nitrogen and oxygen atoms in total. The maximum atomic E-state index is 12.9. The van der Waals surface area contributed by atoms with Gasteiger partial charge >= 0.3 is 11.9 Å². The zero-order valence-corrected chi connectivity index (χ0v) is 25.3. The first-order valence-electron chi connectivity index (χ1n) is 15.1. The van der Waals surface area contributed by atoms with Crippen molar-refractivity contribution in [2.24, 2.45) is 29.6 Å². The maximum Gasteiger partial charge on any atom is 0.328 e. The topological polar surface area (TPSA) is 179 Å². The molecule has 0 aromatic carbocycles. The summed E-state index contributed by atoms with van der Waals surface area (Å²) < 4.78 is 18.3. The highest BCUT2D eigenvalue weighted by atomic mass is 17.3. The first-order valence-corrected chi connectivity index (χ1v) is 15.1. The number of aliphatic carboxylic acids is 1. The number of rotatable bonds is 11.